The Morgan fingerprint density at radius 1 is 0.278 bits per heavy atom. The van der Waals surface area contributed by atoms with Crippen molar-refractivity contribution < 1.29 is 0 Å². The van der Waals surface area contributed by atoms with Crippen LogP contribution in [-0.2, 0) is 5.41 Å². The molecule has 1 aliphatic rings. The molecule has 0 fully saturated rings. The summed E-state index contributed by atoms with van der Waals surface area (Å²) < 4.78 is 10.2. The van der Waals surface area contributed by atoms with Crippen LogP contribution < -0.4 is 9.80 Å². The summed E-state index contributed by atoms with van der Waals surface area (Å²) in [6, 6.07) is 122. The molecule has 1 aliphatic carbocycles. The molecule has 6 heteroatoms. The maximum Gasteiger partial charge on any atom is 0.0634 e. The first kappa shape index (κ1) is 55.6. The molecule has 0 amide bonds. The normalized spacial score (nSPS) is 12.7. The molecule has 20 rings (SSSR count). The highest BCUT2D eigenvalue weighted by Crippen LogP contribution is 2.53. The van der Waals surface area contributed by atoms with Gasteiger partial charge in [0.1, 0.15) is 0 Å². The molecule has 0 bridgehead atoms. The minimum atomic E-state index is -0.227. The summed E-state index contributed by atoms with van der Waals surface area (Å²) in [4.78, 5) is 4.82. The van der Waals surface area contributed by atoms with Crippen molar-refractivity contribution >= 4 is 152 Å². The van der Waals surface area contributed by atoms with Crippen LogP contribution >= 0.6 is 22.7 Å². The molecule has 0 spiro atoms. The highest BCUT2D eigenvalue weighted by molar-refractivity contribution is 7.26. The number of hydrogen-bond donors (Lipinski definition) is 0. The molecule has 97 heavy (non-hydrogen) atoms. The molecule has 0 N–H and O–H groups in total. The number of para-hydroxylation sites is 3. The van der Waals surface area contributed by atoms with E-state index in [0.29, 0.717) is 0 Å². The minimum Gasteiger partial charge on any atom is -0.310 e. The molecule has 0 radical (unpaired) electrons. The molecule has 0 saturated heterocycles. The van der Waals surface area contributed by atoms with Crippen molar-refractivity contribution in [2.45, 2.75) is 19.3 Å². The van der Waals surface area contributed by atoms with E-state index in [-0.39, 0.29) is 5.41 Å². The van der Waals surface area contributed by atoms with Crippen molar-refractivity contribution in [3.8, 4) is 44.8 Å². The monoisotopic (exact) mass is 1270 g/mol. The molecule has 19 aromatic rings. The van der Waals surface area contributed by atoms with Crippen LogP contribution in [0.4, 0.5) is 34.1 Å². The number of benzene rings is 15. The average Bonchev–Trinajstić information content (AvgIpc) is 1.58. The van der Waals surface area contributed by atoms with Crippen LogP contribution in [0, 0.1) is 0 Å². The molecule has 0 aliphatic heterocycles. The largest absolute Gasteiger partial charge is 0.310 e. The lowest BCUT2D eigenvalue weighted by atomic mass is 9.81. The van der Waals surface area contributed by atoms with E-state index in [2.05, 4.69) is 360 Å². The van der Waals surface area contributed by atoms with Crippen molar-refractivity contribution in [2.75, 3.05) is 9.80 Å². The number of hydrogen-bond acceptors (Lipinski definition) is 4. The summed E-state index contributed by atoms with van der Waals surface area (Å²) >= 11 is 3.75. The third-order valence-electron chi connectivity index (χ3n) is 20.7. The zero-order valence-corrected chi connectivity index (χ0v) is 54.9. The van der Waals surface area contributed by atoms with Gasteiger partial charge in [-0.1, -0.05) is 196 Å². The van der Waals surface area contributed by atoms with E-state index in [4.69, 9.17) is 0 Å². The quantitative estimate of drug-likeness (QED) is 0.136. The van der Waals surface area contributed by atoms with Gasteiger partial charge in [0.25, 0.3) is 0 Å². The van der Waals surface area contributed by atoms with E-state index in [0.717, 1.165) is 45.5 Å². The standard InChI is InChI=1S/C91H60N4S2/c1-91(2)79-51-60(57-33-39-65(40-34-57)92(62-21-6-3-7-22-62)67-43-49-83-75(53-67)73-47-50-87-89(74-29-15-17-32-86(74)96-87)90(73)95(83)64-25-10-5-11-26-64)37-45-70(79)71-46-38-61(52-80(71)91)58-35-41-66(42-36-58)94-82-48-44-68(54-76(82)77-55-78-72-28-14-16-31-85(72)97-88(78)56-84(77)94)93(63-23-8-4-9-24-63)81-30-18-20-59-19-12-13-27-69(59)81/h3-56H,1-2H3. The first-order valence-electron chi connectivity index (χ1n) is 33.4. The fraction of sp³-hybridized carbons (Fsp3) is 0.0330. The zero-order chi connectivity index (χ0) is 64.0. The van der Waals surface area contributed by atoms with Gasteiger partial charge >= 0.3 is 0 Å². The molecular formula is C91H60N4S2. The lowest BCUT2D eigenvalue weighted by Crippen LogP contribution is -2.15. The second-order valence-corrected chi connectivity index (χ2v) is 28.6. The predicted molar refractivity (Wildman–Crippen MR) is 416 cm³/mol. The van der Waals surface area contributed by atoms with Crippen molar-refractivity contribution in [3.05, 3.63) is 339 Å². The molecule has 15 aromatic carbocycles. The van der Waals surface area contributed by atoms with Crippen molar-refractivity contribution in [1.82, 2.24) is 9.13 Å². The van der Waals surface area contributed by atoms with Gasteiger partial charge in [-0.3, -0.25) is 0 Å². The maximum atomic E-state index is 2.48. The van der Waals surface area contributed by atoms with Crippen LogP contribution in [0.15, 0.2) is 328 Å². The van der Waals surface area contributed by atoms with E-state index in [1.165, 1.54) is 139 Å². The summed E-state index contributed by atoms with van der Waals surface area (Å²) in [5.74, 6) is 0. The summed E-state index contributed by atoms with van der Waals surface area (Å²) in [6.07, 6.45) is 0. The predicted octanol–water partition coefficient (Wildman–Crippen LogP) is 26.3. The zero-order valence-electron chi connectivity index (χ0n) is 53.3. The Kier molecular flexibility index (Phi) is 12.4. The fourth-order valence-electron chi connectivity index (χ4n) is 16.1. The van der Waals surface area contributed by atoms with Crippen LogP contribution in [0.3, 0.4) is 0 Å². The molecule has 4 heterocycles. The Balaban J connectivity index is 0.633. The van der Waals surface area contributed by atoms with Crippen molar-refractivity contribution in [3.63, 3.8) is 0 Å². The molecule has 4 nitrogen and oxygen atoms in total. The Morgan fingerprint density at radius 3 is 1.46 bits per heavy atom. The van der Waals surface area contributed by atoms with E-state index in [9.17, 15) is 0 Å². The topological polar surface area (TPSA) is 16.3 Å². The van der Waals surface area contributed by atoms with E-state index in [1.807, 2.05) is 22.7 Å². The molecular weight excluding hydrogens is 1210 g/mol. The number of aromatic nitrogens is 2. The van der Waals surface area contributed by atoms with Crippen molar-refractivity contribution in [1.29, 1.82) is 0 Å². The Morgan fingerprint density at radius 2 is 0.773 bits per heavy atom. The third-order valence-corrected chi connectivity index (χ3v) is 22.9. The number of anilines is 6. The number of nitrogens with zero attached hydrogens (tertiary/aromatic N) is 4. The van der Waals surface area contributed by atoms with Gasteiger partial charge in [-0.15, -0.1) is 22.7 Å². The number of rotatable bonds is 10. The summed E-state index contributed by atoms with van der Waals surface area (Å²) in [6.45, 7) is 4.80. The highest BCUT2D eigenvalue weighted by atomic mass is 32.1. The third kappa shape index (κ3) is 8.67. The SMILES string of the molecule is CC1(C)c2cc(-c3ccc(N(c4ccccc4)c4ccc5c(c4)c4ccc6sc7ccccc7c6c4n5-c4ccccc4)cc3)ccc2-c2ccc(-c3ccc(-n4c5ccc(N(c6ccccc6)c6cccc7ccccc67)cc5c5cc6c(cc54)sc4ccccc46)cc3)cc21. The van der Waals surface area contributed by atoms with E-state index in [1.54, 1.807) is 0 Å². The van der Waals surface area contributed by atoms with Gasteiger partial charge in [-0.25, -0.2) is 0 Å². The smallest absolute Gasteiger partial charge is 0.0634 e. The first-order chi connectivity index (χ1) is 47.8. The average molecular weight is 1270 g/mol. The fourth-order valence-corrected chi connectivity index (χ4v) is 18.3. The van der Waals surface area contributed by atoms with Crippen LogP contribution in [0.2, 0.25) is 0 Å². The maximum absolute atomic E-state index is 2.48. The Bertz CT molecular complexity index is 6390. The van der Waals surface area contributed by atoms with Crippen LogP contribution in [0.25, 0.3) is 139 Å². The number of thiophene rings is 2. The van der Waals surface area contributed by atoms with Gasteiger partial charge in [-0.05, 0) is 195 Å². The summed E-state index contributed by atoms with van der Waals surface area (Å²) in [5.41, 5.74) is 23.7. The summed E-state index contributed by atoms with van der Waals surface area (Å²) in [7, 11) is 0. The Labute approximate surface area is 569 Å². The first-order valence-corrected chi connectivity index (χ1v) is 35.0. The molecule has 0 atom stereocenters. The lowest BCUT2D eigenvalue weighted by molar-refractivity contribution is 0.661. The van der Waals surface area contributed by atoms with Gasteiger partial charge in [0.15, 0.2) is 0 Å². The summed E-state index contributed by atoms with van der Waals surface area (Å²) in [5, 5.41) is 12.6. The van der Waals surface area contributed by atoms with Crippen LogP contribution in [0.1, 0.15) is 25.0 Å². The van der Waals surface area contributed by atoms with E-state index < -0.39 is 0 Å². The van der Waals surface area contributed by atoms with Gasteiger partial charge in [-0.2, -0.15) is 0 Å². The second-order valence-electron chi connectivity index (χ2n) is 26.4. The van der Waals surface area contributed by atoms with Gasteiger partial charge in [0.05, 0.1) is 27.8 Å². The highest BCUT2D eigenvalue weighted by Gasteiger charge is 2.36. The van der Waals surface area contributed by atoms with Crippen LogP contribution in [-0.4, -0.2) is 9.13 Å². The van der Waals surface area contributed by atoms with Gasteiger partial charge in [0.2, 0.25) is 0 Å². The Hall–Kier alpha value is -11.8. The second kappa shape index (κ2) is 21.6. The molecule has 4 aromatic heterocycles. The van der Waals surface area contributed by atoms with Gasteiger partial charge < -0.3 is 18.9 Å². The molecule has 0 saturated carbocycles. The lowest BCUT2D eigenvalue weighted by Gasteiger charge is -2.27. The van der Waals surface area contributed by atoms with Crippen LogP contribution in [0.5, 0.6) is 0 Å². The number of fused-ring (bicyclic) bond motifs is 17. The molecule has 456 valence electrons. The van der Waals surface area contributed by atoms with Gasteiger partial charge in [0, 0.05) is 113 Å². The minimum absolute atomic E-state index is 0.227. The van der Waals surface area contributed by atoms with Crippen molar-refractivity contribution in [2.24, 2.45) is 0 Å². The van der Waals surface area contributed by atoms with E-state index >= 15 is 0 Å². The molecule has 0 unspecified atom stereocenters.